The molecule has 144 valence electrons. The number of esters is 1. The van der Waals surface area contributed by atoms with Gasteiger partial charge < -0.3 is 9.84 Å². The maximum Gasteiger partial charge on any atom is 0.416 e. The standard InChI is InChI=1S/C18H15BrF3NO4/c1-2-27-15(25)7-6-14(24)16-17(26)12(19)9-13(23-16)10-4-3-5-11(8-10)18(20,21)22/h3-5,8-9,26H,2,6-7H2,1H3. The molecule has 0 radical (unpaired) electrons. The molecule has 5 nitrogen and oxygen atoms in total. The van der Waals surface area contributed by atoms with Crippen LogP contribution in [0.3, 0.4) is 0 Å². The highest BCUT2D eigenvalue weighted by Crippen LogP contribution is 2.35. The Balaban J connectivity index is 2.36. The van der Waals surface area contributed by atoms with Crippen LogP contribution in [0.15, 0.2) is 34.8 Å². The molecule has 0 aliphatic heterocycles. The topological polar surface area (TPSA) is 76.5 Å². The van der Waals surface area contributed by atoms with E-state index >= 15 is 0 Å². The summed E-state index contributed by atoms with van der Waals surface area (Å²) in [6.45, 7) is 1.80. The van der Waals surface area contributed by atoms with Gasteiger partial charge in [0.1, 0.15) is 5.69 Å². The fourth-order valence-corrected chi connectivity index (χ4v) is 2.68. The number of aromatic nitrogens is 1. The van der Waals surface area contributed by atoms with Crippen molar-refractivity contribution in [2.24, 2.45) is 0 Å². The molecule has 0 saturated heterocycles. The Bertz CT molecular complexity index is 868. The summed E-state index contributed by atoms with van der Waals surface area (Å²) in [5, 5.41) is 10.1. The Labute approximate surface area is 161 Å². The molecule has 2 rings (SSSR count). The second-order valence-electron chi connectivity index (χ2n) is 5.49. The lowest BCUT2D eigenvalue weighted by molar-refractivity contribution is -0.143. The van der Waals surface area contributed by atoms with Gasteiger partial charge >= 0.3 is 12.1 Å². The van der Waals surface area contributed by atoms with Crippen LogP contribution in [-0.2, 0) is 15.7 Å². The van der Waals surface area contributed by atoms with Crippen molar-refractivity contribution >= 4 is 27.7 Å². The van der Waals surface area contributed by atoms with Crippen LogP contribution in [0.25, 0.3) is 11.3 Å². The van der Waals surface area contributed by atoms with Crippen LogP contribution in [0, 0.1) is 0 Å². The number of Topliss-reactive ketones (excluding diaryl/α,β-unsaturated/α-hetero) is 1. The number of hydrogen-bond acceptors (Lipinski definition) is 5. The number of ether oxygens (including phenoxy) is 1. The minimum Gasteiger partial charge on any atom is -0.504 e. The van der Waals surface area contributed by atoms with Gasteiger partial charge in [-0.05, 0) is 41.1 Å². The Hall–Kier alpha value is -2.42. The molecule has 9 heteroatoms. The zero-order valence-electron chi connectivity index (χ0n) is 14.1. The number of ketones is 1. The molecule has 0 fully saturated rings. The zero-order valence-corrected chi connectivity index (χ0v) is 15.7. The first kappa shape index (κ1) is 20.9. The van der Waals surface area contributed by atoms with E-state index in [1.807, 2.05) is 0 Å². The SMILES string of the molecule is CCOC(=O)CCC(=O)c1nc(-c2cccc(C(F)(F)F)c2)cc(Br)c1O. The first-order valence-corrected chi connectivity index (χ1v) is 8.68. The molecule has 0 aliphatic rings. The molecule has 0 spiro atoms. The number of benzene rings is 1. The predicted molar refractivity (Wildman–Crippen MR) is 94.2 cm³/mol. The zero-order chi connectivity index (χ0) is 20.2. The van der Waals surface area contributed by atoms with E-state index in [1.165, 1.54) is 18.2 Å². The van der Waals surface area contributed by atoms with Crippen molar-refractivity contribution in [1.82, 2.24) is 4.98 Å². The van der Waals surface area contributed by atoms with E-state index in [2.05, 4.69) is 20.9 Å². The molecular formula is C18H15BrF3NO4. The number of aromatic hydroxyl groups is 1. The molecule has 2 aromatic rings. The second-order valence-corrected chi connectivity index (χ2v) is 6.35. The largest absolute Gasteiger partial charge is 0.504 e. The molecule has 0 amide bonds. The van der Waals surface area contributed by atoms with Crippen molar-refractivity contribution in [3.63, 3.8) is 0 Å². The van der Waals surface area contributed by atoms with Crippen LogP contribution in [0.2, 0.25) is 0 Å². The van der Waals surface area contributed by atoms with Gasteiger partial charge in [-0.25, -0.2) is 4.98 Å². The summed E-state index contributed by atoms with van der Waals surface area (Å²) in [6, 6.07) is 5.77. The first-order valence-electron chi connectivity index (χ1n) is 7.89. The van der Waals surface area contributed by atoms with Crippen molar-refractivity contribution in [3.05, 3.63) is 46.1 Å². The van der Waals surface area contributed by atoms with Crippen LogP contribution in [-0.4, -0.2) is 28.4 Å². The summed E-state index contributed by atoms with van der Waals surface area (Å²) in [4.78, 5) is 27.7. The number of hydrogen-bond donors (Lipinski definition) is 1. The van der Waals surface area contributed by atoms with E-state index < -0.39 is 29.2 Å². The number of rotatable bonds is 6. The maximum atomic E-state index is 12.9. The monoisotopic (exact) mass is 445 g/mol. The van der Waals surface area contributed by atoms with E-state index in [9.17, 15) is 27.9 Å². The molecule has 27 heavy (non-hydrogen) atoms. The lowest BCUT2D eigenvalue weighted by atomic mass is 10.1. The van der Waals surface area contributed by atoms with Crippen LogP contribution in [0.1, 0.15) is 35.8 Å². The number of alkyl halides is 3. The normalized spacial score (nSPS) is 11.3. The van der Waals surface area contributed by atoms with Crippen molar-refractivity contribution in [2.45, 2.75) is 25.9 Å². The third kappa shape index (κ3) is 5.29. The third-order valence-electron chi connectivity index (χ3n) is 3.56. The lowest BCUT2D eigenvalue weighted by Crippen LogP contribution is -2.10. The van der Waals surface area contributed by atoms with Crippen LogP contribution < -0.4 is 0 Å². The van der Waals surface area contributed by atoms with Gasteiger partial charge in [0.05, 0.1) is 28.8 Å². The highest BCUT2D eigenvalue weighted by Gasteiger charge is 2.30. The van der Waals surface area contributed by atoms with Gasteiger partial charge in [0, 0.05) is 12.0 Å². The number of carbonyl (C=O) groups excluding carboxylic acids is 2. The van der Waals surface area contributed by atoms with Gasteiger partial charge in [-0.1, -0.05) is 12.1 Å². The summed E-state index contributed by atoms with van der Waals surface area (Å²) in [5.74, 6) is -1.65. The summed E-state index contributed by atoms with van der Waals surface area (Å²) < 4.78 is 43.5. The predicted octanol–water partition coefficient (Wildman–Crippen LogP) is 4.76. The molecule has 1 heterocycles. The van der Waals surface area contributed by atoms with Gasteiger partial charge in [0.25, 0.3) is 0 Å². The minimum atomic E-state index is -4.53. The van der Waals surface area contributed by atoms with Crippen molar-refractivity contribution in [3.8, 4) is 17.0 Å². The summed E-state index contributed by atoms with van der Waals surface area (Å²) >= 11 is 3.07. The molecular weight excluding hydrogens is 431 g/mol. The Kier molecular flexibility index (Phi) is 6.59. The fourth-order valence-electron chi connectivity index (χ4n) is 2.27. The molecule has 0 atom stereocenters. The second kappa shape index (κ2) is 8.51. The quantitative estimate of drug-likeness (QED) is 0.512. The van der Waals surface area contributed by atoms with Gasteiger partial charge in [-0.2, -0.15) is 13.2 Å². The van der Waals surface area contributed by atoms with Gasteiger partial charge in [-0.3, -0.25) is 9.59 Å². The number of nitrogens with zero attached hydrogens (tertiary/aromatic N) is 1. The van der Waals surface area contributed by atoms with Crippen molar-refractivity contribution < 1.29 is 32.6 Å². The summed E-state index contributed by atoms with van der Waals surface area (Å²) in [5.41, 5.74) is -0.988. The lowest BCUT2D eigenvalue weighted by Gasteiger charge is -2.11. The number of halogens is 4. The van der Waals surface area contributed by atoms with E-state index in [-0.39, 0.29) is 40.9 Å². The highest BCUT2D eigenvalue weighted by molar-refractivity contribution is 9.10. The average Bonchev–Trinajstić information content (AvgIpc) is 2.61. The first-order chi connectivity index (χ1) is 12.6. The van der Waals surface area contributed by atoms with Crippen LogP contribution in [0.5, 0.6) is 5.75 Å². The Morgan fingerprint density at radius 2 is 1.93 bits per heavy atom. The molecule has 0 unspecified atom stereocenters. The molecule has 0 saturated carbocycles. The van der Waals surface area contributed by atoms with E-state index in [4.69, 9.17) is 4.74 Å². The van der Waals surface area contributed by atoms with Crippen LogP contribution >= 0.6 is 15.9 Å². The van der Waals surface area contributed by atoms with Crippen molar-refractivity contribution in [2.75, 3.05) is 6.61 Å². The smallest absolute Gasteiger partial charge is 0.416 e. The molecule has 0 bridgehead atoms. The molecule has 0 aliphatic carbocycles. The molecule has 1 N–H and O–H groups in total. The molecule has 1 aromatic heterocycles. The fraction of sp³-hybridized carbons (Fsp3) is 0.278. The van der Waals surface area contributed by atoms with Gasteiger partial charge in [-0.15, -0.1) is 0 Å². The highest BCUT2D eigenvalue weighted by atomic mass is 79.9. The number of pyridine rings is 1. The maximum absolute atomic E-state index is 12.9. The van der Waals surface area contributed by atoms with Crippen molar-refractivity contribution in [1.29, 1.82) is 0 Å². The van der Waals surface area contributed by atoms with Crippen LogP contribution in [0.4, 0.5) is 13.2 Å². The van der Waals surface area contributed by atoms with E-state index in [0.29, 0.717) is 0 Å². The van der Waals surface area contributed by atoms with Gasteiger partial charge in [0.2, 0.25) is 0 Å². The van der Waals surface area contributed by atoms with E-state index in [1.54, 1.807) is 6.92 Å². The van der Waals surface area contributed by atoms with E-state index in [0.717, 1.165) is 12.1 Å². The van der Waals surface area contributed by atoms with Gasteiger partial charge in [0.15, 0.2) is 11.5 Å². The Morgan fingerprint density at radius 3 is 2.56 bits per heavy atom. The minimum absolute atomic E-state index is 0.0743. The number of carbonyl (C=O) groups is 2. The average molecular weight is 446 g/mol. The molecule has 1 aromatic carbocycles. The third-order valence-corrected chi connectivity index (χ3v) is 4.16. The summed E-state index contributed by atoms with van der Waals surface area (Å²) in [6.07, 6.45) is -4.97. The summed E-state index contributed by atoms with van der Waals surface area (Å²) in [7, 11) is 0. The Morgan fingerprint density at radius 1 is 1.22 bits per heavy atom.